The molecule has 0 bridgehead atoms. The number of ether oxygens (including phenoxy) is 2. The maximum Gasteiger partial charge on any atom is 0.338 e. The Labute approximate surface area is 198 Å². The number of imide groups is 1. The fraction of sp³-hybridized carbons (Fsp3) is 0.0800. The second-order valence-electron chi connectivity index (χ2n) is 7.27. The zero-order valence-corrected chi connectivity index (χ0v) is 18.5. The van der Waals surface area contributed by atoms with Crippen molar-refractivity contribution in [3.63, 3.8) is 0 Å². The van der Waals surface area contributed by atoms with E-state index in [1.54, 1.807) is 24.3 Å². The predicted molar refractivity (Wildman–Crippen MR) is 121 cm³/mol. The van der Waals surface area contributed by atoms with E-state index in [0.717, 1.165) is 4.90 Å². The first-order chi connectivity index (χ1) is 16.3. The third-order valence-electron chi connectivity index (χ3n) is 4.99. The summed E-state index contributed by atoms with van der Waals surface area (Å²) in [6.45, 7) is 0.719. The average molecular weight is 478 g/mol. The van der Waals surface area contributed by atoms with Gasteiger partial charge in [-0.25, -0.2) is 9.69 Å². The number of carbonyl (C=O) groups excluding carboxylic acids is 5. The summed E-state index contributed by atoms with van der Waals surface area (Å²) in [7, 11) is 0. The highest BCUT2D eigenvalue weighted by molar-refractivity contribution is 6.39. The van der Waals surface area contributed by atoms with Crippen LogP contribution in [0.3, 0.4) is 0 Å². The summed E-state index contributed by atoms with van der Waals surface area (Å²) in [4.78, 5) is 62.4. The van der Waals surface area contributed by atoms with Crippen LogP contribution in [0, 0.1) is 0 Å². The van der Waals surface area contributed by atoms with E-state index in [1.807, 2.05) is 0 Å². The Bertz CT molecular complexity index is 1350. The molecule has 3 aromatic carbocycles. The quantitative estimate of drug-likeness (QED) is 0.227. The molecule has 1 heterocycles. The first-order valence-electron chi connectivity index (χ1n) is 10.0. The summed E-state index contributed by atoms with van der Waals surface area (Å²) < 4.78 is 9.99. The molecule has 8 nitrogen and oxygen atoms in total. The molecule has 0 saturated heterocycles. The van der Waals surface area contributed by atoms with Crippen LogP contribution in [0.4, 0.5) is 5.69 Å². The molecule has 0 unspecified atom stereocenters. The van der Waals surface area contributed by atoms with Gasteiger partial charge in [0.15, 0.2) is 12.4 Å². The SMILES string of the molecule is CC(=O)Oc1ccc(C(=O)COC(=O)c2ccc3c(c2)C(=O)N(c2ccccc2Cl)C3=O)cc1. The normalized spacial score (nSPS) is 12.4. The number of Topliss-reactive ketones (excluding diaryl/α,β-unsaturated/α-hetero) is 1. The molecule has 4 rings (SSSR count). The van der Waals surface area contributed by atoms with Gasteiger partial charge in [-0.1, -0.05) is 23.7 Å². The van der Waals surface area contributed by atoms with E-state index in [1.165, 1.54) is 49.4 Å². The van der Waals surface area contributed by atoms with Gasteiger partial charge in [-0.3, -0.25) is 19.2 Å². The number of fused-ring (bicyclic) bond motifs is 1. The largest absolute Gasteiger partial charge is 0.454 e. The molecule has 0 radical (unpaired) electrons. The minimum Gasteiger partial charge on any atom is -0.454 e. The Kier molecular flexibility index (Phi) is 6.25. The smallest absolute Gasteiger partial charge is 0.338 e. The first-order valence-corrected chi connectivity index (χ1v) is 10.4. The molecule has 0 atom stereocenters. The van der Waals surface area contributed by atoms with Crippen LogP contribution in [0.15, 0.2) is 66.7 Å². The van der Waals surface area contributed by atoms with Crippen LogP contribution >= 0.6 is 11.6 Å². The third-order valence-corrected chi connectivity index (χ3v) is 5.31. The lowest BCUT2D eigenvalue weighted by molar-refractivity contribution is -0.131. The van der Waals surface area contributed by atoms with Gasteiger partial charge >= 0.3 is 11.9 Å². The summed E-state index contributed by atoms with van der Waals surface area (Å²) in [5, 5.41) is 0.232. The topological polar surface area (TPSA) is 107 Å². The number of rotatable bonds is 6. The van der Waals surface area contributed by atoms with Crippen molar-refractivity contribution in [2.45, 2.75) is 6.92 Å². The molecule has 0 N–H and O–H groups in total. The zero-order chi connectivity index (χ0) is 24.4. The molecule has 170 valence electrons. The molecule has 3 aromatic rings. The molecule has 9 heteroatoms. The number of amides is 2. The molecule has 0 spiro atoms. The van der Waals surface area contributed by atoms with Gasteiger partial charge in [0.2, 0.25) is 0 Å². The van der Waals surface area contributed by atoms with Crippen molar-refractivity contribution in [1.29, 1.82) is 0 Å². The lowest BCUT2D eigenvalue weighted by Gasteiger charge is -2.15. The number of nitrogens with zero attached hydrogens (tertiary/aromatic N) is 1. The standard InChI is InChI=1S/C25H16ClNO7/c1-14(28)34-17-9-6-15(7-10-17)22(29)13-33-25(32)16-8-11-18-19(12-16)24(31)27(23(18)30)21-5-3-2-4-20(21)26/h2-12H,13H2,1H3. The van der Waals surface area contributed by atoms with Crippen molar-refractivity contribution < 1.29 is 33.4 Å². The van der Waals surface area contributed by atoms with Crippen LogP contribution in [0.2, 0.25) is 5.02 Å². The van der Waals surface area contributed by atoms with Crippen molar-refractivity contribution in [3.05, 3.63) is 94.0 Å². The Morgan fingerprint density at radius 3 is 2.18 bits per heavy atom. The molecule has 0 aromatic heterocycles. The molecular weight excluding hydrogens is 462 g/mol. The summed E-state index contributed by atoms with van der Waals surface area (Å²) in [5.41, 5.74) is 0.676. The van der Waals surface area contributed by atoms with E-state index >= 15 is 0 Å². The number of halogens is 1. The van der Waals surface area contributed by atoms with Gasteiger partial charge in [-0.15, -0.1) is 0 Å². The fourth-order valence-corrected chi connectivity index (χ4v) is 3.61. The molecule has 0 fully saturated rings. The van der Waals surface area contributed by atoms with Crippen LogP contribution in [-0.4, -0.2) is 36.1 Å². The van der Waals surface area contributed by atoms with Gasteiger partial charge in [-0.05, 0) is 54.6 Å². The van der Waals surface area contributed by atoms with Crippen LogP contribution in [0.1, 0.15) is 48.4 Å². The van der Waals surface area contributed by atoms with Crippen molar-refractivity contribution in [1.82, 2.24) is 0 Å². The zero-order valence-electron chi connectivity index (χ0n) is 17.7. The van der Waals surface area contributed by atoms with Gasteiger partial charge in [0.25, 0.3) is 11.8 Å². The highest BCUT2D eigenvalue weighted by Gasteiger charge is 2.38. The number of ketones is 1. The number of hydrogen-bond donors (Lipinski definition) is 0. The Balaban J connectivity index is 1.46. The molecule has 1 aliphatic heterocycles. The predicted octanol–water partition coefficient (Wildman–Crippen LogP) is 4.11. The van der Waals surface area contributed by atoms with E-state index in [4.69, 9.17) is 21.1 Å². The Morgan fingerprint density at radius 1 is 0.853 bits per heavy atom. The molecule has 2 amide bonds. The summed E-state index contributed by atoms with van der Waals surface area (Å²) in [6, 6.07) is 16.2. The second kappa shape index (κ2) is 9.29. The summed E-state index contributed by atoms with van der Waals surface area (Å²) in [6.07, 6.45) is 0. The van der Waals surface area contributed by atoms with Crippen molar-refractivity contribution >= 4 is 46.8 Å². The Morgan fingerprint density at radius 2 is 1.50 bits per heavy atom. The number of anilines is 1. The minimum absolute atomic E-state index is 0.0129. The number of benzene rings is 3. The van der Waals surface area contributed by atoms with Crippen LogP contribution in [-0.2, 0) is 9.53 Å². The van der Waals surface area contributed by atoms with Crippen LogP contribution < -0.4 is 9.64 Å². The van der Waals surface area contributed by atoms with E-state index in [-0.39, 0.29) is 38.7 Å². The molecule has 0 aliphatic carbocycles. The van der Waals surface area contributed by atoms with Crippen molar-refractivity contribution in [2.75, 3.05) is 11.5 Å². The van der Waals surface area contributed by atoms with Gasteiger partial charge in [0, 0.05) is 12.5 Å². The number of carbonyl (C=O) groups is 5. The van der Waals surface area contributed by atoms with Crippen molar-refractivity contribution in [2.24, 2.45) is 0 Å². The fourth-order valence-electron chi connectivity index (χ4n) is 3.39. The van der Waals surface area contributed by atoms with Crippen LogP contribution in [0.5, 0.6) is 5.75 Å². The highest BCUT2D eigenvalue weighted by atomic mass is 35.5. The third kappa shape index (κ3) is 4.44. The van der Waals surface area contributed by atoms with E-state index in [2.05, 4.69) is 0 Å². The van der Waals surface area contributed by atoms with E-state index < -0.39 is 36.1 Å². The highest BCUT2D eigenvalue weighted by Crippen LogP contribution is 2.33. The molecule has 1 aliphatic rings. The minimum atomic E-state index is -0.830. The number of esters is 2. The van der Waals surface area contributed by atoms with Gasteiger partial charge in [-0.2, -0.15) is 0 Å². The number of hydrogen-bond acceptors (Lipinski definition) is 7. The maximum absolute atomic E-state index is 12.9. The van der Waals surface area contributed by atoms with Crippen molar-refractivity contribution in [3.8, 4) is 5.75 Å². The second-order valence-corrected chi connectivity index (χ2v) is 7.68. The molecular formula is C25H16ClNO7. The lowest BCUT2D eigenvalue weighted by atomic mass is 10.1. The lowest BCUT2D eigenvalue weighted by Crippen LogP contribution is -2.29. The average Bonchev–Trinajstić information content (AvgIpc) is 3.07. The Hall–Kier alpha value is -4.30. The summed E-state index contributed by atoms with van der Waals surface area (Å²) >= 11 is 6.14. The summed E-state index contributed by atoms with van der Waals surface area (Å²) in [5.74, 6) is -2.68. The monoisotopic (exact) mass is 477 g/mol. The molecule has 34 heavy (non-hydrogen) atoms. The van der Waals surface area contributed by atoms with Gasteiger partial charge in [0.05, 0.1) is 27.4 Å². The van der Waals surface area contributed by atoms with E-state index in [9.17, 15) is 24.0 Å². The maximum atomic E-state index is 12.9. The van der Waals surface area contributed by atoms with Crippen LogP contribution in [0.25, 0.3) is 0 Å². The van der Waals surface area contributed by atoms with Gasteiger partial charge < -0.3 is 9.47 Å². The van der Waals surface area contributed by atoms with E-state index in [0.29, 0.717) is 0 Å². The first kappa shape index (κ1) is 22.9. The number of para-hydroxylation sites is 1. The van der Waals surface area contributed by atoms with Gasteiger partial charge in [0.1, 0.15) is 5.75 Å². The molecule has 0 saturated carbocycles.